The molecule has 0 saturated carbocycles. The first-order valence-electron chi connectivity index (χ1n) is 9.52. The van der Waals surface area contributed by atoms with Gasteiger partial charge in [0.15, 0.2) is 0 Å². The van der Waals surface area contributed by atoms with Crippen molar-refractivity contribution in [2.75, 3.05) is 0 Å². The molecule has 6 heteroatoms. The number of aromatic nitrogens is 4. The number of hydrogen-bond acceptors (Lipinski definition) is 5. The largest absolute Gasteiger partial charge is 0.276 e. The van der Waals surface area contributed by atoms with Crippen LogP contribution >= 0.6 is 11.3 Å². The smallest absolute Gasteiger partial charge is 0.267 e. The Morgan fingerprint density at radius 3 is 2.77 bits per heavy atom. The van der Waals surface area contributed by atoms with Crippen molar-refractivity contribution in [2.24, 2.45) is 0 Å². The van der Waals surface area contributed by atoms with Crippen LogP contribution in [0.1, 0.15) is 16.8 Å². The summed E-state index contributed by atoms with van der Waals surface area (Å²) in [6.45, 7) is 0.465. The second-order valence-electron chi connectivity index (χ2n) is 6.79. The van der Waals surface area contributed by atoms with Crippen molar-refractivity contribution in [3.8, 4) is 11.8 Å². The van der Waals surface area contributed by atoms with E-state index in [1.807, 2.05) is 47.8 Å². The summed E-state index contributed by atoms with van der Waals surface area (Å²) < 4.78 is 2.35. The molecule has 0 fully saturated rings. The molecule has 0 aliphatic heterocycles. The van der Waals surface area contributed by atoms with Gasteiger partial charge >= 0.3 is 0 Å². The molecule has 0 unspecified atom stereocenters. The fraction of sp³-hybridized carbons (Fsp3) is 0.0833. The van der Waals surface area contributed by atoms with Crippen LogP contribution in [-0.4, -0.2) is 19.7 Å². The monoisotopic (exact) mass is 408 g/mol. The minimum atomic E-state index is -0.117. The average Bonchev–Trinajstić information content (AvgIpc) is 3.22. The highest BCUT2D eigenvalue weighted by Gasteiger charge is 2.10. The van der Waals surface area contributed by atoms with Crippen LogP contribution in [0.5, 0.6) is 0 Å². The van der Waals surface area contributed by atoms with Gasteiger partial charge in [0.1, 0.15) is 0 Å². The van der Waals surface area contributed by atoms with Crippen molar-refractivity contribution in [1.82, 2.24) is 19.7 Å². The van der Waals surface area contributed by atoms with Gasteiger partial charge in [-0.2, -0.15) is 5.10 Å². The van der Waals surface area contributed by atoms with E-state index in [0.717, 1.165) is 32.4 Å². The van der Waals surface area contributed by atoms with Crippen LogP contribution in [0.3, 0.4) is 0 Å². The van der Waals surface area contributed by atoms with Gasteiger partial charge in [-0.3, -0.25) is 14.8 Å². The lowest BCUT2D eigenvalue weighted by molar-refractivity contribution is 0.580. The molecule has 0 radical (unpaired) electrons. The quantitative estimate of drug-likeness (QED) is 0.423. The second-order valence-corrected chi connectivity index (χ2v) is 7.70. The minimum Gasteiger partial charge on any atom is -0.267 e. The van der Waals surface area contributed by atoms with Gasteiger partial charge in [-0.1, -0.05) is 36.1 Å². The van der Waals surface area contributed by atoms with Gasteiger partial charge in [-0.25, -0.2) is 4.68 Å². The van der Waals surface area contributed by atoms with E-state index >= 15 is 0 Å². The van der Waals surface area contributed by atoms with E-state index in [0.29, 0.717) is 18.4 Å². The molecule has 4 heterocycles. The molecule has 0 saturated heterocycles. The van der Waals surface area contributed by atoms with Gasteiger partial charge in [-0.15, -0.1) is 11.3 Å². The molecular weight excluding hydrogens is 392 g/mol. The van der Waals surface area contributed by atoms with Crippen LogP contribution in [-0.2, 0) is 13.0 Å². The highest BCUT2D eigenvalue weighted by molar-refractivity contribution is 7.17. The maximum atomic E-state index is 13.1. The molecule has 5 nitrogen and oxygen atoms in total. The second kappa shape index (κ2) is 7.90. The molecular formula is C24H16N4OS. The van der Waals surface area contributed by atoms with Crippen molar-refractivity contribution < 1.29 is 0 Å². The van der Waals surface area contributed by atoms with Crippen LogP contribution in [0, 0.1) is 11.8 Å². The van der Waals surface area contributed by atoms with E-state index in [-0.39, 0.29) is 5.56 Å². The Morgan fingerprint density at radius 2 is 1.87 bits per heavy atom. The molecule has 30 heavy (non-hydrogen) atoms. The molecule has 5 aromatic rings. The van der Waals surface area contributed by atoms with Gasteiger partial charge < -0.3 is 0 Å². The standard InChI is InChI=1S/C24H16N4OS/c29-24-23-19(6-5-17-9-12-25-13-10-17)16-30-22(23)15-26-28(24)14-11-20-8-7-18-3-1-2-4-21(18)27-20/h1-4,7-10,12-13,15-16H,11,14H2. The van der Waals surface area contributed by atoms with Crippen molar-refractivity contribution in [1.29, 1.82) is 0 Å². The van der Waals surface area contributed by atoms with E-state index in [9.17, 15) is 4.79 Å². The van der Waals surface area contributed by atoms with Crippen LogP contribution in [0.2, 0.25) is 0 Å². The van der Waals surface area contributed by atoms with Crippen LogP contribution in [0.25, 0.3) is 21.0 Å². The fourth-order valence-corrected chi connectivity index (χ4v) is 4.13. The summed E-state index contributed by atoms with van der Waals surface area (Å²) in [4.78, 5) is 21.7. The predicted molar refractivity (Wildman–Crippen MR) is 120 cm³/mol. The maximum absolute atomic E-state index is 13.1. The van der Waals surface area contributed by atoms with E-state index < -0.39 is 0 Å². The summed E-state index contributed by atoms with van der Waals surface area (Å²) >= 11 is 1.48. The number of nitrogens with zero attached hydrogens (tertiary/aromatic N) is 4. The van der Waals surface area contributed by atoms with E-state index in [2.05, 4.69) is 33.0 Å². The van der Waals surface area contributed by atoms with Crippen LogP contribution in [0.4, 0.5) is 0 Å². The molecule has 5 rings (SSSR count). The summed E-state index contributed by atoms with van der Waals surface area (Å²) in [5.41, 5.74) is 3.37. The first-order valence-corrected chi connectivity index (χ1v) is 10.4. The molecule has 1 aromatic carbocycles. The molecule has 144 valence electrons. The summed E-state index contributed by atoms with van der Waals surface area (Å²) in [5, 5.41) is 7.99. The van der Waals surface area contributed by atoms with Gasteiger partial charge in [0.05, 0.1) is 28.3 Å². The van der Waals surface area contributed by atoms with Gasteiger partial charge in [-0.05, 0) is 24.3 Å². The average molecular weight is 408 g/mol. The van der Waals surface area contributed by atoms with Crippen molar-refractivity contribution in [2.45, 2.75) is 13.0 Å². The Kier molecular flexibility index (Phi) is 4.80. The molecule has 0 atom stereocenters. The Hall–Kier alpha value is -3.82. The number of rotatable bonds is 3. The lowest BCUT2D eigenvalue weighted by atomic mass is 10.2. The number of benzene rings is 1. The zero-order valence-electron chi connectivity index (χ0n) is 15.9. The van der Waals surface area contributed by atoms with Crippen LogP contribution < -0.4 is 5.56 Å². The zero-order chi connectivity index (χ0) is 20.3. The van der Waals surface area contributed by atoms with Crippen LogP contribution in [0.15, 0.2) is 77.3 Å². The molecule has 0 aliphatic carbocycles. The number of pyridine rings is 2. The van der Waals surface area contributed by atoms with Crippen molar-refractivity contribution in [3.05, 3.63) is 99.7 Å². The summed E-state index contributed by atoms with van der Waals surface area (Å²) in [6, 6.07) is 15.8. The van der Waals surface area contributed by atoms with Gasteiger partial charge in [0, 0.05) is 46.4 Å². The Morgan fingerprint density at radius 1 is 1.00 bits per heavy atom. The number of aryl methyl sites for hydroxylation is 2. The number of hydrogen-bond donors (Lipinski definition) is 0. The first kappa shape index (κ1) is 18.2. The number of fused-ring (bicyclic) bond motifs is 2. The molecule has 0 amide bonds. The highest BCUT2D eigenvalue weighted by atomic mass is 32.1. The van der Waals surface area contributed by atoms with E-state index in [4.69, 9.17) is 0 Å². The van der Waals surface area contributed by atoms with E-state index in [1.54, 1.807) is 18.6 Å². The lowest BCUT2D eigenvalue weighted by Gasteiger charge is -2.06. The lowest BCUT2D eigenvalue weighted by Crippen LogP contribution is -2.23. The van der Waals surface area contributed by atoms with Gasteiger partial charge in [0.25, 0.3) is 5.56 Å². The van der Waals surface area contributed by atoms with Crippen molar-refractivity contribution in [3.63, 3.8) is 0 Å². The molecule has 0 aliphatic rings. The Labute approximate surface area is 176 Å². The minimum absolute atomic E-state index is 0.117. The van der Waals surface area contributed by atoms with E-state index in [1.165, 1.54) is 16.0 Å². The highest BCUT2D eigenvalue weighted by Crippen LogP contribution is 2.21. The zero-order valence-corrected chi connectivity index (χ0v) is 16.8. The number of thiophene rings is 1. The molecule has 0 bridgehead atoms. The third kappa shape index (κ3) is 3.59. The molecule has 4 aromatic heterocycles. The predicted octanol–water partition coefficient (Wildman–Crippen LogP) is 4.04. The van der Waals surface area contributed by atoms with Crippen molar-refractivity contribution >= 4 is 32.3 Å². The third-order valence-electron chi connectivity index (χ3n) is 4.84. The normalized spacial score (nSPS) is 10.8. The maximum Gasteiger partial charge on any atom is 0.276 e. The third-order valence-corrected chi connectivity index (χ3v) is 5.76. The topological polar surface area (TPSA) is 60.7 Å². The molecule has 0 spiro atoms. The Balaban J connectivity index is 1.44. The number of para-hydroxylation sites is 1. The summed E-state index contributed by atoms with van der Waals surface area (Å²) in [7, 11) is 0. The SMILES string of the molecule is O=c1c2c(C#Cc3ccncc3)csc2cnn1CCc1ccc2ccccc2n1. The first-order chi connectivity index (χ1) is 14.8. The summed E-state index contributed by atoms with van der Waals surface area (Å²) in [5.74, 6) is 6.22. The Bertz CT molecular complexity index is 1480. The fourth-order valence-electron chi connectivity index (χ4n) is 3.29. The summed E-state index contributed by atoms with van der Waals surface area (Å²) in [6.07, 6.45) is 5.78. The van der Waals surface area contributed by atoms with Gasteiger partial charge in [0.2, 0.25) is 0 Å². The molecule has 0 N–H and O–H groups in total.